The van der Waals surface area contributed by atoms with Crippen molar-refractivity contribution in [2.45, 2.75) is 103 Å². The third kappa shape index (κ3) is 6.93. The molecule has 22 heavy (non-hydrogen) atoms. The monoisotopic (exact) mass is 306 g/mol. The molecule has 1 amide bonds. The van der Waals surface area contributed by atoms with Crippen LogP contribution >= 0.6 is 0 Å². The lowest BCUT2D eigenvalue weighted by atomic mass is 9.89. The quantitative estimate of drug-likeness (QED) is 0.687. The summed E-state index contributed by atoms with van der Waals surface area (Å²) in [6.07, 6.45) is 20.0. The number of hydrogen-bond acceptors (Lipinski definition) is 2. The molecule has 0 atom stereocenters. The molecular weight excluding hydrogens is 272 g/mol. The molecule has 3 nitrogen and oxygen atoms in total. The second-order valence-electron chi connectivity index (χ2n) is 7.17. The number of amides is 1. The number of rotatable bonds is 2. The fourth-order valence-corrected chi connectivity index (χ4v) is 3.72. The smallest absolute Gasteiger partial charge is 0.243 e. The van der Waals surface area contributed by atoms with E-state index in [4.69, 9.17) is 0 Å². The van der Waals surface area contributed by atoms with Gasteiger partial charge in [-0.1, -0.05) is 64.2 Å². The fraction of sp³-hybridized carbons (Fsp3) is 0.895. The minimum Gasteiger partial charge on any atom is -0.273 e. The van der Waals surface area contributed by atoms with E-state index < -0.39 is 0 Å². The Kier molecular flexibility index (Phi) is 8.59. The van der Waals surface area contributed by atoms with Crippen LogP contribution < -0.4 is 5.43 Å². The Labute approximate surface area is 136 Å². The normalized spacial score (nSPS) is 23.2. The van der Waals surface area contributed by atoms with Crippen LogP contribution in [-0.2, 0) is 4.79 Å². The highest BCUT2D eigenvalue weighted by Crippen LogP contribution is 2.23. The van der Waals surface area contributed by atoms with Crippen LogP contribution in [-0.4, -0.2) is 11.6 Å². The molecule has 0 spiro atoms. The highest BCUT2D eigenvalue weighted by Gasteiger charge is 2.20. The molecule has 0 aliphatic heterocycles. The van der Waals surface area contributed by atoms with E-state index in [-0.39, 0.29) is 11.8 Å². The van der Waals surface area contributed by atoms with Crippen molar-refractivity contribution >= 4 is 11.6 Å². The molecule has 3 heteroatoms. The first kappa shape index (κ1) is 17.5. The number of nitrogens with one attached hydrogen (secondary N) is 1. The van der Waals surface area contributed by atoms with E-state index in [1.54, 1.807) is 0 Å². The molecule has 0 bridgehead atoms. The first-order valence-corrected chi connectivity index (χ1v) is 9.71. The molecule has 2 aliphatic carbocycles. The second kappa shape index (κ2) is 10.8. The maximum absolute atomic E-state index is 12.2. The third-order valence-corrected chi connectivity index (χ3v) is 5.23. The predicted octanol–water partition coefficient (Wildman–Crippen LogP) is 5.34. The number of hydrazone groups is 1. The number of carbonyl (C=O) groups is 1. The number of nitrogens with zero attached hydrogens (tertiary/aromatic N) is 1. The lowest BCUT2D eigenvalue weighted by molar-refractivity contribution is -0.125. The molecule has 2 fully saturated rings. The molecule has 0 aromatic heterocycles. The van der Waals surface area contributed by atoms with Gasteiger partial charge in [-0.25, -0.2) is 5.43 Å². The standard InChI is InChI=1S/C19H34N2O/c22-19(17-13-9-8-10-14-17)21-20-18-15-11-6-4-2-1-3-5-7-12-16-18/h17H,1-16H2,(H,21,22). The van der Waals surface area contributed by atoms with Crippen LogP contribution in [0.15, 0.2) is 5.10 Å². The van der Waals surface area contributed by atoms with E-state index in [0.717, 1.165) is 25.7 Å². The van der Waals surface area contributed by atoms with Crippen LogP contribution in [0.1, 0.15) is 103 Å². The van der Waals surface area contributed by atoms with Crippen molar-refractivity contribution in [2.75, 3.05) is 0 Å². The van der Waals surface area contributed by atoms with Crippen molar-refractivity contribution in [2.24, 2.45) is 11.0 Å². The van der Waals surface area contributed by atoms with E-state index >= 15 is 0 Å². The van der Waals surface area contributed by atoms with Crippen molar-refractivity contribution in [3.05, 3.63) is 0 Å². The molecule has 0 radical (unpaired) electrons. The lowest BCUT2D eigenvalue weighted by Crippen LogP contribution is -2.29. The summed E-state index contributed by atoms with van der Waals surface area (Å²) in [6.45, 7) is 0. The molecule has 2 saturated carbocycles. The van der Waals surface area contributed by atoms with E-state index in [1.807, 2.05) is 0 Å². The third-order valence-electron chi connectivity index (χ3n) is 5.23. The van der Waals surface area contributed by atoms with Crippen molar-refractivity contribution in [1.29, 1.82) is 0 Å². The Balaban J connectivity index is 1.78. The summed E-state index contributed by atoms with van der Waals surface area (Å²) in [5.74, 6) is 0.377. The topological polar surface area (TPSA) is 41.5 Å². The van der Waals surface area contributed by atoms with Crippen LogP contribution in [0, 0.1) is 5.92 Å². The van der Waals surface area contributed by atoms with Crippen molar-refractivity contribution in [3.63, 3.8) is 0 Å². The summed E-state index contributed by atoms with van der Waals surface area (Å²) < 4.78 is 0. The minimum absolute atomic E-state index is 0.165. The SMILES string of the molecule is O=C(NN=C1CCCCCCCCCCC1)C1CCCCC1. The highest BCUT2D eigenvalue weighted by atomic mass is 16.2. The van der Waals surface area contributed by atoms with Crippen LogP contribution in [0.4, 0.5) is 0 Å². The summed E-state index contributed by atoms with van der Waals surface area (Å²) in [5, 5.41) is 4.50. The van der Waals surface area contributed by atoms with Gasteiger partial charge in [0.15, 0.2) is 0 Å². The van der Waals surface area contributed by atoms with E-state index in [2.05, 4.69) is 10.5 Å². The number of hydrogen-bond donors (Lipinski definition) is 1. The Morgan fingerprint density at radius 3 is 1.73 bits per heavy atom. The summed E-state index contributed by atoms with van der Waals surface area (Å²) in [6, 6.07) is 0. The molecule has 2 rings (SSSR count). The average Bonchev–Trinajstić information content (AvgIpc) is 2.55. The van der Waals surface area contributed by atoms with Crippen LogP contribution in [0.3, 0.4) is 0 Å². The van der Waals surface area contributed by atoms with Gasteiger partial charge in [-0.2, -0.15) is 5.10 Å². The van der Waals surface area contributed by atoms with Crippen molar-refractivity contribution in [3.8, 4) is 0 Å². The molecule has 0 unspecified atom stereocenters. The Morgan fingerprint density at radius 2 is 1.18 bits per heavy atom. The largest absolute Gasteiger partial charge is 0.273 e. The maximum Gasteiger partial charge on any atom is 0.243 e. The summed E-state index contributed by atoms with van der Waals surface area (Å²) in [4.78, 5) is 12.2. The summed E-state index contributed by atoms with van der Waals surface area (Å²) in [5.41, 5.74) is 4.11. The van der Waals surface area contributed by atoms with Gasteiger partial charge in [0.2, 0.25) is 5.91 Å². The van der Waals surface area contributed by atoms with E-state index in [9.17, 15) is 4.79 Å². The van der Waals surface area contributed by atoms with Crippen LogP contribution in [0.25, 0.3) is 0 Å². The van der Waals surface area contributed by atoms with Gasteiger partial charge in [-0.05, 0) is 38.5 Å². The molecule has 0 heterocycles. The lowest BCUT2D eigenvalue weighted by Gasteiger charge is -2.19. The zero-order chi connectivity index (χ0) is 15.5. The molecular formula is C19H34N2O. The number of carbonyl (C=O) groups excluding carboxylic acids is 1. The summed E-state index contributed by atoms with van der Waals surface area (Å²) in [7, 11) is 0. The zero-order valence-electron chi connectivity index (χ0n) is 14.2. The van der Waals surface area contributed by atoms with Crippen molar-refractivity contribution in [1.82, 2.24) is 5.43 Å². The molecule has 0 aromatic carbocycles. The molecule has 2 aliphatic rings. The van der Waals surface area contributed by atoms with E-state index in [0.29, 0.717) is 0 Å². The molecule has 126 valence electrons. The Hall–Kier alpha value is -0.860. The molecule has 1 N–H and O–H groups in total. The predicted molar refractivity (Wildman–Crippen MR) is 92.9 cm³/mol. The van der Waals surface area contributed by atoms with Gasteiger partial charge in [0.1, 0.15) is 0 Å². The minimum atomic E-state index is 0.165. The Morgan fingerprint density at radius 1 is 0.727 bits per heavy atom. The van der Waals surface area contributed by atoms with Crippen LogP contribution in [0.5, 0.6) is 0 Å². The fourth-order valence-electron chi connectivity index (χ4n) is 3.72. The van der Waals surface area contributed by atoms with Gasteiger partial charge >= 0.3 is 0 Å². The maximum atomic E-state index is 12.2. The van der Waals surface area contributed by atoms with E-state index in [1.165, 1.54) is 82.8 Å². The van der Waals surface area contributed by atoms with Crippen LogP contribution in [0.2, 0.25) is 0 Å². The van der Waals surface area contributed by atoms with Gasteiger partial charge in [0.25, 0.3) is 0 Å². The highest BCUT2D eigenvalue weighted by molar-refractivity contribution is 5.86. The zero-order valence-corrected chi connectivity index (χ0v) is 14.2. The first-order chi connectivity index (χ1) is 10.9. The molecule has 0 saturated heterocycles. The van der Waals surface area contributed by atoms with Gasteiger partial charge < -0.3 is 0 Å². The van der Waals surface area contributed by atoms with Gasteiger partial charge in [-0.15, -0.1) is 0 Å². The van der Waals surface area contributed by atoms with Gasteiger partial charge in [0.05, 0.1) is 0 Å². The summed E-state index contributed by atoms with van der Waals surface area (Å²) >= 11 is 0. The first-order valence-electron chi connectivity index (χ1n) is 9.71. The Bertz CT molecular complexity index is 331. The van der Waals surface area contributed by atoms with Gasteiger partial charge in [0, 0.05) is 11.6 Å². The van der Waals surface area contributed by atoms with Gasteiger partial charge in [-0.3, -0.25) is 4.79 Å². The van der Waals surface area contributed by atoms with Crippen molar-refractivity contribution < 1.29 is 4.79 Å². The second-order valence-corrected chi connectivity index (χ2v) is 7.17. The molecule has 0 aromatic rings. The average molecular weight is 306 g/mol.